The molecule has 3 aromatic rings. The lowest BCUT2D eigenvalue weighted by Gasteiger charge is -2.20. The maximum absolute atomic E-state index is 14.6. The molecule has 0 heterocycles. The largest absolute Gasteiger partial charge is 0.432 e. The van der Waals surface area contributed by atoms with Gasteiger partial charge in [0.15, 0.2) is 0 Å². The van der Waals surface area contributed by atoms with Crippen molar-refractivity contribution in [1.82, 2.24) is 0 Å². The molecule has 0 unspecified atom stereocenters. The second-order valence-corrected chi connectivity index (χ2v) is 7.87. The molecule has 0 aliphatic heterocycles. The summed E-state index contributed by atoms with van der Waals surface area (Å²) in [5.41, 5.74) is -1.13. The van der Waals surface area contributed by atoms with Gasteiger partial charge in [-0.15, -0.1) is 0 Å². The van der Waals surface area contributed by atoms with Gasteiger partial charge in [0.25, 0.3) is 0 Å². The van der Waals surface area contributed by atoms with Gasteiger partial charge in [0.05, 0.1) is 5.02 Å². The van der Waals surface area contributed by atoms with Gasteiger partial charge in [0.2, 0.25) is 0 Å². The van der Waals surface area contributed by atoms with Gasteiger partial charge in [-0.3, -0.25) is 0 Å². The topological polar surface area (TPSA) is 9.23 Å². The lowest BCUT2D eigenvalue weighted by Crippen LogP contribution is -2.25. The Hall–Kier alpha value is -2.34. The van der Waals surface area contributed by atoms with E-state index in [2.05, 4.69) is 11.7 Å². The molecule has 0 spiro atoms. The second-order valence-electron chi connectivity index (χ2n) is 7.46. The standard InChI is InChI=1S/C24H22ClF5O/c1-2-3-4-5-6-7-15-12-20(26)22(21(27)13-15)24(29,30)31-17-9-10-18-16(14-17)8-11-19(25)23(18)28/h8-14H,2-7H2,1H3. The minimum atomic E-state index is -4.26. The van der Waals surface area contributed by atoms with E-state index in [4.69, 9.17) is 11.6 Å². The molecule has 0 radical (unpaired) electrons. The Morgan fingerprint density at radius 2 is 1.55 bits per heavy atom. The highest BCUT2D eigenvalue weighted by Gasteiger charge is 2.41. The van der Waals surface area contributed by atoms with Crippen molar-refractivity contribution in [1.29, 1.82) is 0 Å². The number of ether oxygens (including phenoxy) is 1. The number of fused-ring (bicyclic) bond motifs is 1. The first-order chi connectivity index (χ1) is 14.7. The van der Waals surface area contributed by atoms with Gasteiger partial charge in [-0.2, -0.15) is 8.78 Å². The predicted molar refractivity (Wildman–Crippen MR) is 112 cm³/mol. The number of benzene rings is 3. The van der Waals surface area contributed by atoms with Crippen LogP contribution in [0.25, 0.3) is 10.8 Å². The van der Waals surface area contributed by atoms with E-state index in [0.29, 0.717) is 12.0 Å². The van der Waals surface area contributed by atoms with Gasteiger partial charge in [0, 0.05) is 5.39 Å². The fourth-order valence-corrected chi connectivity index (χ4v) is 3.65. The van der Waals surface area contributed by atoms with Gasteiger partial charge in [-0.25, -0.2) is 13.2 Å². The van der Waals surface area contributed by atoms with Crippen LogP contribution in [0.4, 0.5) is 22.0 Å². The summed E-state index contributed by atoms with van der Waals surface area (Å²) in [6.45, 7) is 2.08. The summed E-state index contributed by atoms with van der Waals surface area (Å²) < 4.78 is 76.7. The minimum Gasteiger partial charge on any atom is -0.429 e. The van der Waals surface area contributed by atoms with Crippen LogP contribution in [0.15, 0.2) is 42.5 Å². The molecule has 0 bridgehead atoms. The first kappa shape index (κ1) is 23.3. The van der Waals surface area contributed by atoms with Gasteiger partial charge in [-0.05, 0) is 60.2 Å². The molecule has 0 amide bonds. The molecule has 0 aliphatic rings. The van der Waals surface area contributed by atoms with Crippen LogP contribution in [0.3, 0.4) is 0 Å². The van der Waals surface area contributed by atoms with Crippen LogP contribution in [-0.4, -0.2) is 0 Å². The number of hydrogen-bond donors (Lipinski definition) is 0. The lowest BCUT2D eigenvalue weighted by molar-refractivity contribution is -0.189. The van der Waals surface area contributed by atoms with E-state index in [0.717, 1.165) is 56.4 Å². The third kappa shape index (κ3) is 5.48. The highest BCUT2D eigenvalue weighted by Crippen LogP contribution is 2.37. The van der Waals surface area contributed by atoms with Crippen molar-refractivity contribution < 1.29 is 26.7 Å². The highest BCUT2D eigenvalue weighted by atomic mass is 35.5. The number of aryl methyl sites for hydroxylation is 1. The Kier molecular flexibility index (Phi) is 7.42. The van der Waals surface area contributed by atoms with Gasteiger partial charge < -0.3 is 4.74 Å². The van der Waals surface area contributed by atoms with E-state index in [1.54, 1.807) is 0 Å². The number of alkyl halides is 2. The van der Waals surface area contributed by atoms with Gasteiger partial charge >= 0.3 is 6.11 Å². The summed E-state index contributed by atoms with van der Waals surface area (Å²) in [5.74, 6) is -3.79. The zero-order valence-corrected chi connectivity index (χ0v) is 17.7. The summed E-state index contributed by atoms with van der Waals surface area (Å²) in [5, 5.41) is 0.263. The fraction of sp³-hybridized carbons (Fsp3) is 0.333. The quantitative estimate of drug-likeness (QED) is 0.231. The van der Waals surface area contributed by atoms with Crippen LogP contribution in [0.1, 0.15) is 50.2 Å². The second kappa shape index (κ2) is 9.86. The molecule has 3 aromatic carbocycles. The number of halogens is 6. The van der Waals surface area contributed by atoms with E-state index in [9.17, 15) is 22.0 Å². The zero-order valence-electron chi connectivity index (χ0n) is 17.0. The Labute approximate surface area is 182 Å². The van der Waals surface area contributed by atoms with Crippen LogP contribution in [0, 0.1) is 17.5 Å². The molecule has 166 valence electrons. The molecule has 7 heteroatoms. The Morgan fingerprint density at radius 1 is 0.871 bits per heavy atom. The first-order valence-electron chi connectivity index (χ1n) is 10.2. The summed E-state index contributed by atoms with van der Waals surface area (Å²) in [6, 6.07) is 8.03. The summed E-state index contributed by atoms with van der Waals surface area (Å²) in [7, 11) is 0. The van der Waals surface area contributed by atoms with Crippen LogP contribution >= 0.6 is 11.6 Å². The SMILES string of the molecule is CCCCCCCc1cc(F)c(C(F)(F)Oc2ccc3c(F)c(Cl)ccc3c2)c(F)c1. The number of hydrogen-bond acceptors (Lipinski definition) is 1. The first-order valence-corrected chi connectivity index (χ1v) is 10.5. The Balaban J connectivity index is 1.79. The van der Waals surface area contributed by atoms with E-state index < -0.39 is 29.1 Å². The Bertz CT molecular complexity index is 1040. The molecule has 0 saturated carbocycles. The Morgan fingerprint density at radius 3 is 2.23 bits per heavy atom. The molecule has 0 atom stereocenters. The predicted octanol–water partition coefficient (Wildman–Crippen LogP) is 8.55. The van der Waals surface area contributed by atoms with E-state index in [1.807, 2.05) is 0 Å². The number of unbranched alkanes of at least 4 members (excludes halogenated alkanes) is 4. The van der Waals surface area contributed by atoms with Crippen molar-refractivity contribution in [2.24, 2.45) is 0 Å². The molecule has 0 aromatic heterocycles. The molecular formula is C24H22ClF5O. The maximum Gasteiger partial charge on any atom is 0.432 e. The molecule has 3 rings (SSSR count). The summed E-state index contributed by atoms with van der Waals surface area (Å²) >= 11 is 5.71. The average molecular weight is 457 g/mol. The van der Waals surface area contributed by atoms with E-state index in [1.165, 1.54) is 18.2 Å². The van der Waals surface area contributed by atoms with E-state index in [-0.39, 0.29) is 21.5 Å². The maximum atomic E-state index is 14.6. The van der Waals surface area contributed by atoms with Crippen molar-refractivity contribution in [3.05, 3.63) is 76.1 Å². The minimum absolute atomic E-state index is 0.110. The van der Waals surface area contributed by atoms with Gasteiger partial charge in [-0.1, -0.05) is 50.3 Å². The average Bonchev–Trinajstić information content (AvgIpc) is 2.69. The molecule has 0 fully saturated rings. The zero-order chi connectivity index (χ0) is 22.6. The molecule has 0 saturated heterocycles. The van der Waals surface area contributed by atoms with E-state index >= 15 is 0 Å². The van der Waals surface area contributed by atoms with Crippen LogP contribution in [0.2, 0.25) is 5.02 Å². The molecule has 1 nitrogen and oxygen atoms in total. The molecule has 31 heavy (non-hydrogen) atoms. The fourth-order valence-electron chi connectivity index (χ4n) is 3.49. The third-order valence-electron chi connectivity index (χ3n) is 5.09. The van der Waals surface area contributed by atoms with Crippen molar-refractivity contribution in [2.75, 3.05) is 0 Å². The third-order valence-corrected chi connectivity index (χ3v) is 5.38. The highest BCUT2D eigenvalue weighted by molar-refractivity contribution is 6.31. The van der Waals surface area contributed by atoms with Crippen LogP contribution < -0.4 is 4.74 Å². The summed E-state index contributed by atoms with van der Waals surface area (Å²) in [4.78, 5) is 0. The normalized spacial score (nSPS) is 11.8. The van der Waals surface area contributed by atoms with Crippen molar-refractivity contribution in [3.8, 4) is 5.75 Å². The van der Waals surface area contributed by atoms with Crippen LogP contribution in [-0.2, 0) is 12.5 Å². The van der Waals surface area contributed by atoms with Crippen LogP contribution in [0.5, 0.6) is 5.75 Å². The molecule has 0 N–H and O–H groups in total. The van der Waals surface area contributed by atoms with Gasteiger partial charge in [0.1, 0.15) is 28.8 Å². The summed E-state index contributed by atoms with van der Waals surface area (Å²) in [6.07, 6.45) is 0.962. The number of rotatable bonds is 9. The smallest absolute Gasteiger partial charge is 0.429 e. The molecule has 0 aliphatic carbocycles. The van der Waals surface area contributed by atoms with Crippen molar-refractivity contribution >= 4 is 22.4 Å². The lowest BCUT2D eigenvalue weighted by atomic mass is 10.0. The monoisotopic (exact) mass is 456 g/mol. The van der Waals surface area contributed by atoms with Crippen molar-refractivity contribution in [3.63, 3.8) is 0 Å². The van der Waals surface area contributed by atoms with Crippen molar-refractivity contribution in [2.45, 2.75) is 51.6 Å². The molecular weight excluding hydrogens is 435 g/mol.